The summed E-state index contributed by atoms with van der Waals surface area (Å²) < 4.78 is 0. The summed E-state index contributed by atoms with van der Waals surface area (Å²) >= 11 is 1.86. The Bertz CT molecular complexity index is 351. The van der Waals surface area contributed by atoms with Crippen LogP contribution in [0.4, 0.5) is 0 Å². The molecule has 1 aliphatic rings. The summed E-state index contributed by atoms with van der Waals surface area (Å²) in [7, 11) is 0. The van der Waals surface area contributed by atoms with Crippen molar-refractivity contribution in [1.82, 2.24) is 10.3 Å². The van der Waals surface area contributed by atoms with Gasteiger partial charge < -0.3 is 5.32 Å². The van der Waals surface area contributed by atoms with E-state index in [4.69, 9.17) is 0 Å². The average molecular weight is 235 g/mol. The molecule has 1 unspecified atom stereocenters. The second kappa shape index (κ2) is 5.89. The van der Waals surface area contributed by atoms with E-state index in [0.717, 1.165) is 30.4 Å². The zero-order valence-electron chi connectivity index (χ0n) is 9.52. The van der Waals surface area contributed by atoms with Gasteiger partial charge >= 0.3 is 0 Å². The fourth-order valence-corrected chi connectivity index (χ4v) is 2.54. The maximum absolute atomic E-state index is 4.47. The van der Waals surface area contributed by atoms with Crippen LogP contribution in [0.1, 0.15) is 19.0 Å². The maximum Gasteiger partial charge on any atom is 0.156 e. The van der Waals surface area contributed by atoms with Crippen molar-refractivity contribution in [3.8, 4) is 0 Å². The first kappa shape index (κ1) is 11.5. The quantitative estimate of drug-likeness (QED) is 0.868. The molecule has 3 nitrogen and oxygen atoms in total. The number of aromatic nitrogens is 1. The molecule has 2 heterocycles. The topological polar surface area (TPSA) is 37.3 Å². The molecule has 0 aromatic carbocycles. The third-order valence-electron chi connectivity index (χ3n) is 2.56. The van der Waals surface area contributed by atoms with Gasteiger partial charge in [-0.2, -0.15) is 0 Å². The van der Waals surface area contributed by atoms with Gasteiger partial charge in [-0.05, 0) is 18.6 Å². The van der Waals surface area contributed by atoms with Gasteiger partial charge in [0.2, 0.25) is 0 Å². The molecular weight excluding hydrogens is 218 g/mol. The van der Waals surface area contributed by atoms with Crippen LogP contribution in [0.2, 0.25) is 0 Å². The smallest absolute Gasteiger partial charge is 0.156 e. The van der Waals surface area contributed by atoms with E-state index >= 15 is 0 Å². The molecule has 0 aliphatic carbocycles. The number of aliphatic imine (C=N–C) groups is 1. The van der Waals surface area contributed by atoms with Gasteiger partial charge in [-0.25, -0.2) is 0 Å². The molecule has 1 aromatic heterocycles. The van der Waals surface area contributed by atoms with E-state index in [1.165, 1.54) is 6.42 Å². The largest absolute Gasteiger partial charge is 0.365 e. The van der Waals surface area contributed by atoms with Crippen molar-refractivity contribution >= 4 is 16.9 Å². The molecule has 0 spiro atoms. The molecule has 1 aliphatic heterocycles. The summed E-state index contributed by atoms with van der Waals surface area (Å²) in [6.45, 7) is 4.09. The van der Waals surface area contributed by atoms with Crippen molar-refractivity contribution in [3.63, 3.8) is 0 Å². The van der Waals surface area contributed by atoms with E-state index in [1.807, 2.05) is 30.1 Å². The lowest BCUT2D eigenvalue weighted by Gasteiger charge is -2.06. The van der Waals surface area contributed by atoms with Crippen LogP contribution >= 0.6 is 11.8 Å². The van der Waals surface area contributed by atoms with Crippen LogP contribution in [0, 0.1) is 0 Å². The molecule has 0 amide bonds. The Balaban J connectivity index is 1.69. The first-order valence-electron chi connectivity index (χ1n) is 5.73. The lowest BCUT2D eigenvalue weighted by Crippen LogP contribution is -2.22. The van der Waals surface area contributed by atoms with Crippen LogP contribution in [0.15, 0.2) is 29.4 Å². The van der Waals surface area contributed by atoms with Gasteiger partial charge in [-0.15, -0.1) is 0 Å². The lowest BCUT2D eigenvalue weighted by atomic mass is 10.3. The Kier molecular flexibility index (Phi) is 4.22. The second-order valence-electron chi connectivity index (χ2n) is 3.79. The molecule has 2 rings (SSSR count). The predicted molar refractivity (Wildman–Crippen MR) is 69.9 cm³/mol. The number of pyridine rings is 1. The highest BCUT2D eigenvalue weighted by Crippen LogP contribution is 2.21. The molecule has 1 aromatic rings. The molecule has 16 heavy (non-hydrogen) atoms. The normalized spacial score (nSPS) is 19.6. The summed E-state index contributed by atoms with van der Waals surface area (Å²) in [5.74, 6) is 0. The molecule has 0 radical (unpaired) electrons. The molecule has 1 atom stereocenters. The zero-order chi connectivity index (χ0) is 11.2. The first-order chi connectivity index (χ1) is 7.88. The van der Waals surface area contributed by atoms with Crippen LogP contribution < -0.4 is 5.32 Å². The van der Waals surface area contributed by atoms with Gasteiger partial charge in [-0.1, -0.05) is 24.8 Å². The van der Waals surface area contributed by atoms with Crippen molar-refractivity contribution in [2.24, 2.45) is 4.99 Å². The predicted octanol–water partition coefficient (Wildman–Crippen LogP) is 2.10. The number of nitrogens with zero attached hydrogens (tertiary/aromatic N) is 2. The molecule has 0 saturated carbocycles. The summed E-state index contributed by atoms with van der Waals surface area (Å²) in [5.41, 5.74) is 1.13. The maximum atomic E-state index is 4.47. The monoisotopic (exact) mass is 235 g/mol. The molecule has 0 bridgehead atoms. The minimum Gasteiger partial charge on any atom is -0.365 e. The Morgan fingerprint density at radius 3 is 3.12 bits per heavy atom. The van der Waals surface area contributed by atoms with Crippen LogP contribution in [0.5, 0.6) is 0 Å². The number of hydrogen-bond donors (Lipinski definition) is 1. The van der Waals surface area contributed by atoms with E-state index in [9.17, 15) is 0 Å². The fourth-order valence-electron chi connectivity index (χ4n) is 1.57. The number of thioether (sulfide) groups is 1. The fraction of sp³-hybridized carbons (Fsp3) is 0.500. The van der Waals surface area contributed by atoms with Gasteiger partial charge in [0.05, 0.1) is 6.54 Å². The van der Waals surface area contributed by atoms with Gasteiger partial charge in [0.1, 0.15) is 0 Å². The number of hydrogen-bond acceptors (Lipinski definition) is 4. The molecule has 86 valence electrons. The minimum absolute atomic E-state index is 0.678. The van der Waals surface area contributed by atoms with Gasteiger partial charge in [0, 0.05) is 30.1 Å². The summed E-state index contributed by atoms with van der Waals surface area (Å²) in [5, 5.41) is 5.15. The molecular formula is C12H17N3S. The van der Waals surface area contributed by atoms with Crippen molar-refractivity contribution in [1.29, 1.82) is 0 Å². The van der Waals surface area contributed by atoms with Crippen molar-refractivity contribution in [3.05, 3.63) is 30.1 Å². The third kappa shape index (κ3) is 3.23. The van der Waals surface area contributed by atoms with Crippen molar-refractivity contribution < 1.29 is 0 Å². The van der Waals surface area contributed by atoms with Crippen molar-refractivity contribution in [2.75, 3.05) is 13.1 Å². The minimum atomic E-state index is 0.678. The van der Waals surface area contributed by atoms with E-state index in [2.05, 4.69) is 28.3 Å². The summed E-state index contributed by atoms with van der Waals surface area (Å²) in [6.07, 6.45) is 3.99. The summed E-state index contributed by atoms with van der Waals surface area (Å²) in [4.78, 5) is 8.75. The number of nitrogens with one attached hydrogen (secondary N) is 1. The van der Waals surface area contributed by atoms with Gasteiger partial charge in [0.15, 0.2) is 5.17 Å². The molecule has 0 fully saturated rings. The Morgan fingerprint density at radius 2 is 2.44 bits per heavy atom. The molecule has 0 saturated heterocycles. The van der Waals surface area contributed by atoms with E-state index in [1.54, 1.807) is 0 Å². The lowest BCUT2D eigenvalue weighted by molar-refractivity contribution is 0.830. The zero-order valence-corrected chi connectivity index (χ0v) is 10.3. The van der Waals surface area contributed by atoms with E-state index < -0.39 is 0 Å². The van der Waals surface area contributed by atoms with Crippen LogP contribution in [0.3, 0.4) is 0 Å². The van der Waals surface area contributed by atoms with Crippen LogP contribution in [0.25, 0.3) is 0 Å². The highest BCUT2D eigenvalue weighted by molar-refractivity contribution is 8.14. The Morgan fingerprint density at radius 1 is 1.50 bits per heavy atom. The second-order valence-corrected chi connectivity index (χ2v) is 5.08. The standard InChI is InChI=1S/C12H17N3S/c1-2-11-9-15-12(16-11)14-8-6-10-5-3-4-7-13-10/h3-5,7,11H,2,6,8-9H2,1H3,(H,14,15). The Hall–Kier alpha value is -1.03. The summed E-state index contributed by atoms with van der Waals surface area (Å²) in [6, 6.07) is 6.02. The van der Waals surface area contributed by atoms with Crippen LogP contribution in [-0.2, 0) is 6.42 Å². The average Bonchev–Trinajstić information content (AvgIpc) is 2.78. The molecule has 1 N–H and O–H groups in total. The Labute approximate surface area is 101 Å². The number of rotatable bonds is 4. The highest BCUT2D eigenvalue weighted by Gasteiger charge is 2.16. The highest BCUT2D eigenvalue weighted by atomic mass is 32.2. The van der Waals surface area contributed by atoms with E-state index in [0.29, 0.717) is 5.25 Å². The number of amidine groups is 1. The van der Waals surface area contributed by atoms with E-state index in [-0.39, 0.29) is 0 Å². The molecule has 4 heteroatoms. The van der Waals surface area contributed by atoms with Gasteiger partial charge in [-0.3, -0.25) is 9.98 Å². The van der Waals surface area contributed by atoms with Gasteiger partial charge in [0.25, 0.3) is 0 Å². The first-order valence-corrected chi connectivity index (χ1v) is 6.61. The third-order valence-corrected chi connectivity index (χ3v) is 3.87. The SMILES string of the molecule is CCC1CN=C(NCCc2ccccn2)S1. The van der Waals surface area contributed by atoms with Crippen LogP contribution in [-0.4, -0.2) is 28.5 Å². The van der Waals surface area contributed by atoms with Crippen molar-refractivity contribution in [2.45, 2.75) is 25.0 Å².